The van der Waals surface area contributed by atoms with Gasteiger partial charge >= 0.3 is 0 Å². The molecule has 0 aliphatic rings. The Morgan fingerprint density at radius 2 is 1.60 bits per heavy atom. The van der Waals surface area contributed by atoms with Crippen molar-refractivity contribution in [3.05, 3.63) is 59.2 Å². The van der Waals surface area contributed by atoms with Crippen molar-refractivity contribution in [2.24, 2.45) is 4.99 Å². The van der Waals surface area contributed by atoms with Gasteiger partial charge in [-0.05, 0) is 36.6 Å². The summed E-state index contributed by atoms with van der Waals surface area (Å²) in [4.78, 5) is 4.26. The molecule has 0 heterocycles. The van der Waals surface area contributed by atoms with Gasteiger partial charge < -0.3 is 20.1 Å². The van der Waals surface area contributed by atoms with Crippen molar-refractivity contribution in [1.82, 2.24) is 10.6 Å². The molecule has 2 aromatic rings. The van der Waals surface area contributed by atoms with Crippen LogP contribution in [0.2, 0.25) is 0 Å². The van der Waals surface area contributed by atoms with Gasteiger partial charge in [0.2, 0.25) is 0 Å². The summed E-state index contributed by atoms with van der Waals surface area (Å²) in [5, 5.41) is 6.66. The molecule has 5 heteroatoms. The number of methoxy groups -OCH3 is 2. The van der Waals surface area contributed by atoms with E-state index in [0.29, 0.717) is 0 Å². The third kappa shape index (κ3) is 5.71. The van der Waals surface area contributed by atoms with Crippen LogP contribution < -0.4 is 20.1 Å². The van der Waals surface area contributed by atoms with Gasteiger partial charge in [-0.25, -0.2) is 0 Å². The molecule has 0 radical (unpaired) electrons. The van der Waals surface area contributed by atoms with Crippen LogP contribution >= 0.6 is 0 Å². The molecule has 0 bridgehead atoms. The van der Waals surface area contributed by atoms with E-state index >= 15 is 0 Å². The molecule has 0 aliphatic heterocycles. The second-order valence-corrected chi connectivity index (χ2v) is 5.78. The molecule has 0 aromatic heterocycles. The van der Waals surface area contributed by atoms with Gasteiger partial charge in [-0.15, -0.1) is 0 Å². The number of aliphatic imine (C=N–C) groups is 1. The van der Waals surface area contributed by atoms with E-state index in [4.69, 9.17) is 9.47 Å². The number of benzene rings is 2. The van der Waals surface area contributed by atoms with E-state index < -0.39 is 0 Å². The SMILES string of the molecule is CN=C(NCCc1ccc(OC)c(OC)c1)NCc1ccc(C)cc1. The van der Waals surface area contributed by atoms with Crippen LogP contribution in [0.5, 0.6) is 11.5 Å². The summed E-state index contributed by atoms with van der Waals surface area (Å²) in [6.45, 7) is 3.62. The summed E-state index contributed by atoms with van der Waals surface area (Å²) in [7, 11) is 5.07. The molecule has 0 spiro atoms. The number of hydrogen-bond acceptors (Lipinski definition) is 3. The van der Waals surface area contributed by atoms with E-state index in [-0.39, 0.29) is 0 Å². The first-order valence-corrected chi connectivity index (χ1v) is 8.37. The van der Waals surface area contributed by atoms with Gasteiger partial charge in [-0.2, -0.15) is 0 Å². The Bertz CT molecular complexity index is 697. The molecule has 0 atom stereocenters. The van der Waals surface area contributed by atoms with E-state index in [2.05, 4.69) is 46.8 Å². The zero-order valence-electron chi connectivity index (χ0n) is 15.4. The summed E-state index contributed by atoms with van der Waals surface area (Å²) in [5.41, 5.74) is 3.67. The zero-order chi connectivity index (χ0) is 18.1. The minimum Gasteiger partial charge on any atom is -0.493 e. The normalized spacial score (nSPS) is 11.1. The van der Waals surface area contributed by atoms with Gasteiger partial charge in [-0.1, -0.05) is 35.9 Å². The fourth-order valence-corrected chi connectivity index (χ4v) is 2.47. The standard InChI is InChI=1S/C20H27N3O2/c1-15-5-7-17(8-6-15)14-23-20(21-2)22-12-11-16-9-10-18(24-3)19(13-16)25-4/h5-10,13H,11-12,14H2,1-4H3,(H2,21,22,23). The summed E-state index contributed by atoms with van der Waals surface area (Å²) in [6, 6.07) is 14.5. The smallest absolute Gasteiger partial charge is 0.191 e. The lowest BCUT2D eigenvalue weighted by molar-refractivity contribution is 0.354. The van der Waals surface area contributed by atoms with Crippen LogP contribution in [0.3, 0.4) is 0 Å². The number of rotatable bonds is 7. The van der Waals surface area contributed by atoms with E-state index in [1.165, 1.54) is 16.7 Å². The first kappa shape index (κ1) is 18.6. The summed E-state index contributed by atoms with van der Waals surface area (Å²) < 4.78 is 10.6. The van der Waals surface area contributed by atoms with Crippen molar-refractivity contribution >= 4 is 5.96 Å². The van der Waals surface area contributed by atoms with Gasteiger partial charge in [0, 0.05) is 20.1 Å². The van der Waals surface area contributed by atoms with Gasteiger partial charge in [-0.3, -0.25) is 4.99 Å². The monoisotopic (exact) mass is 341 g/mol. The molecule has 0 saturated heterocycles. The van der Waals surface area contributed by atoms with Crippen LogP contribution in [-0.4, -0.2) is 33.8 Å². The summed E-state index contributed by atoms with van der Waals surface area (Å²) in [5.74, 6) is 2.29. The molecule has 2 aromatic carbocycles. The number of hydrogen-bond donors (Lipinski definition) is 2. The Balaban J connectivity index is 1.82. The van der Waals surface area contributed by atoms with E-state index in [0.717, 1.165) is 37.0 Å². The topological polar surface area (TPSA) is 54.9 Å². The molecular weight excluding hydrogens is 314 g/mol. The number of ether oxygens (including phenoxy) is 2. The molecule has 2 rings (SSSR count). The number of guanidine groups is 1. The highest BCUT2D eigenvalue weighted by Crippen LogP contribution is 2.27. The fourth-order valence-electron chi connectivity index (χ4n) is 2.47. The molecule has 0 amide bonds. The third-order valence-electron chi connectivity index (χ3n) is 3.96. The Kier molecular flexibility index (Phi) is 7.14. The van der Waals surface area contributed by atoms with E-state index in [1.807, 2.05) is 18.2 Å². The Hall–Kier alpha value is -2.69. The minimum atomic E-state index is 0.745. The van der Waals surface area contributed by atoms with Crippen LogP contribution in [-0.2, 0) is 13.0 Å². The fraction of sp³-hybridized carbons (Fsp3) is 0.350. The van der Waals surface area contributed by atoms with Crippen molar-refractivity contribution in [2.75, 3.05) is 27.8 Å². The molecule has 5 nitrogen and oxygen atoms in total. The quantitative estimate of drug-likeness (QED) is 0.601. The maximum atomic E-state index is 5.34. The molecule has 0 aliphatic carbocycles. The highest BCUT2D eigenvalue weighted by molar-refractivity contribution is 5.79. The highest BCUT2D eigenvalue weighted by atomic mass is 16.5. The predicted molar refractivity (Wildman–Crippen MR) is 103 cm³/mol. The Morgan fingerprint density at radius 3 is 2.24 bits per heavy atom. The maximum Gasteiger partial charge on any atom is 0.191 e. The van der Waals surface area contributed by atoms with Gasteiger partial charge in [0.15, 0.2) is 17.5 Å². The summed E-state index contributed by atoms with van der Waals surface area (Å²) in [6.07, 6.45) is 0.867. The van der Waals surface area contributed by atoms with Crippen molar-refractivity contribution in [2.45, 2.75) is 19.9 Å². The lowest BCUT2D eigenvalue weighted by Gasteiger charge is -2.13. The second-order valence-electron chi connectivity index (χ2n) is 5.78. The van der Waals surface area contributed by atoms with Gasteiger partial charge in [0.05, 0.1) is 14.2 Å². The number of nitrogens with one attached hydrogen (secondary N) is 2. The highest BCUT2D eigenvalue weighted by Gasteiger charge is 2.05. The number of aryl methyl sites for hydroxylation is 1. The molecule has 134 valence electrons. The van der Waals surface area contributed by atoms with Crippen LogP contribution in [0.1, 0.15) is 16.7 Å². The van der Waals surface area contributed by atoms with Crippen LogP contribution in [0.15, 0.2) is 47.5 Å². The summed E-state index contributed by atoms with van der Waals surface area (Å²) >= 11 is 0. The predicted octanol–water partition coefficient (Wildman–Crippen LogP) is 2.92. The maximum absolute atomic E-state index is 5.34. The average Bonchev–Trinajstić information content (AvgIpc) is 2.65. The minimum absolute atomic E-state index is 0.745. The first-order chi connectivity index (χ1) is 12.2. The molecule has 0 fully saturated rings. The lowest BCUT2D eigenvalue weighted by Crippen LogP contribution is -2.37. The average molecular weight is 341 g/mol. The third-order valence-corrected chi connectivity index (χ3v) is 3.96. The molecular formula is C20H27N3O2. The molecule has 0 saturated carbocycles. The molecule has 0 unspecified atom stereocenters. The van der Waals surface area contributed by atoms with Gasteiger partial charge in [0.25, 0.3) is 0 Å². The molecule has 25 heavy (non-hydrogen) atoms. The second kappa shape index (κ2) is 9.57. The first-order valence-electron chi connectivity index (χ1n) is 8.37. The molecule has 2 N–H and O–H groups in total. The zero-order valence-corrected chi connectivity index (χ0v) is 15.4. The van der Waals surface area contributed by atoms with Crippen molar-refractivity contribution in [3.63, 3.8) is 0 Å². The number of nitrogens with zero attached hydrogens (tertiary/aromatic N) is 1. The lowest BCUT2D eigenvalue weighted by atomic mass is 10.1. The van der Waals surface area contributed by atoms with Crippen LogP contribution in [0.25, 0.3) is 0 Å². The largest absolute Gasteiger partial charge is 0.493 e. The Morgan fingerprint density at radius 1 is 0.920 bits per heavy atom. The van der Waals surface area contributed by atoms with Crippen molar-refractivity contribution in [1.29, 1.82) is 0 Å². The van der Waals surface area contributed by atoms with Gasteiger partial charge in [0.1, 0.15) is 0 Å². The van der Waals surface area contributed by atoms with Crippen LogP contribution in [0, 0.1) is 6.92 Å². The Labute approximate surface area is 150 Å². The van der Waals surface area contributed by atoms with E-state index in [1.54, 1.807) is 21.3 Å². The van der Waals surface area contributed by atoms with Crippen LogP contribution in [0.4, 0.5) is 0 Å². The van der Waals surface area contributed by atoms with Crippen molar-refractivity contribution in [3.8, 4) is 11.5 Å². The van der Waals surface area contributed by atoms with E-state index in [9.17, 15) is 0 Å². The van der Waals surface area contributed by atoms with Crippen molar-refractivity contribution < 1.29 is 9.47 Å².